The van der Waals surface area contributed by atoms with Crippen molar-refractivity contribution in [2.24, 2.45) is 0 Å². The van der Waals surface area contributed by atoms with Crippen molar-refractivity contribution in [2.75, 3.05) is 20.1 Å². The molecule has 1 aromatic heterocycles. The minimum absolute atomic E-state index is 0.150. The fourth-order valence-electron chi connectivity index (χ4n) is 2.69. The molecule has 2 heterocycles. The Morgan fingerprint density at radius 1 is 1.38 bits per heavy atom. The van der Waals surface area contributed by atoms with Gasteiger partial charge in [-0.15, -0.1) is 0 Å². The highest BCUT2D eigenvalue weighted by Crippen LogP contribution is 2.22. The molecule has 24 heavy (non-hydrogen) atoms. The van der Waals surface area contributed by atoms with Crippen LogP contribution in [-0.2, 0) is 11.3 Å². The third-order valence-electron chi connectivity index (χ3n) is 3.94. The molecule has 0 spiro atoms. The second-order valence-electron chi connectivity index (χ2n) is 7.07. The first-order valence-corrected chi connectivity index (χ1v) is 8.76. The molecule has 0 aromatic carbocycles. The molecule has 0 N–H and O–H groups in total. The Kier molecular flexibility index (Phi) is 6.28. The van der Waals surface area contributed by atoms with E-state index in [1.54, 1.807) is 11.1 Å². The molecule has 1 aromatic rings. The van der Waals surface area contributed by atoms with Crippen LogP contribution in [0.25, 0.3) is 0 Å². The molecule has 0 radical (unpaired) electrons. The van der Waals surface area contributed by atoms with Gasteiger partial charge in [0.1, 0.15) is 10.8 Å². The average Bonchev–Trinajstić information content (AvgIpc) is 2.48. The van der Waals surface area contributed by atoms with Crippen molar-refractivity contribution in [3.63, 3.8) is 0 Å². The molecule has 0 unspecified atom stereocenters. The summed E-state index contributed by atoms with van der Waals surface area (Å²) in [5.74, 6) is 0. The highest BCUT2D eigenvalue weighted by atomic mass is 35.5. The van der Waals surface area contributed by atoms with Crippen LogP contribution >= 0.6 is 23.2 Å². The van der Waals surface area contributed by atoms with Gasteiger partial charge in [0.15, 0.2) is 0 Å². The molecular formula is C16H24Cl2N4O2. The molecule has 134 valence electrons. The van der Waals surface area contributed by atoms with Crippen LogP contribution in [0, 0.1) is 0 Å². The van der Waals surface area contributed by atoms with Gasteiger partial charge in [0.2, 0.25) is 5.28 Å². The van der Waals surface area contributed by atoms with Crippen molar-refractivity contribution in [3.05, 3.63) is 22.2 Å². The van der Waals surface area contributed by atoms with Crippen molar-refractivity contribution in [1.29, 1.82) is 0 Å². The summed E-state index contributed by atoms with van der Waals surface area (Å²) in [6.45, 7) is 7.66. The van der Waals surface area contributed by atoms with Crippen molar-refractivity contribution in [3.8, 4) is 0 Å². The summed E-state index contributed by atoms with van der Waals surface area (Å²) >= 11 is 11.8. The van der Waals surface area contributed by atoms with E-state index in [2.05, 4.69) is 14.9 Å². The molecule has 0 saturated carbocycles. The van der Waals surface area contributed by atoms with Gasteiger partial charge >= 0.3 is 6.09 Å². The Morgan fingerprint density at radius 2 is 2.00 bits per heavy atom. The molecule has 1 amide bonds. The summed E-state index contributed by atoms with van der Waals surface area (Å²) in [5.41, 5.74) is 0.383. The van der Waals surface area contributed by atoms with Crippen LogP contribution in [0.5, 0.6) is 0 Å². The first-order chi connectivity index (χ1) is 11.2. The van der Waals surface area contributed by atoms with Crippen LogP contribution in [0.1, 0.15) is 39.2 Å². The summed E-state index contributed by atoms with van der Waals surface area (Å²) < 4.78 is 5.42. The van der Waals surface area contributed by atoms with Gasteiger partial charge in [-0.05, 0) is 52.3 Å². The zero-order valence-electron chi connectivity index (χ0n) is 14.6. The number of likely N-dealkylation sites (tertiary alicyclic amines) is 1. The van der Waals surface area contributed by atoms with E-state index >= 15 is 0 Å². The first-order valence-electron chi connectivity index (χ1n) is 8.01. The third kappa shape index (κ3) is 5.46. The van der Waals surface area contributed by atoms with E-state index in [0.29, 0.717) is 30.8 Å². The van der Waals surface area contributed by atoms with Crippen LogP contribution in [0.15, 0.2) is 6.20 Å². The van der Waals surface area contributed by atoms with E-state index in [0.717, 1.165) is 18.4 Å². The molecule has 2 rings (SSSR count). The van der Waals surface area contributed by atoms with Crippen molar-refractivity contribution in [2.45, 2.75) is 51.8 Å². The van der Waals surface area contributed by atoms with Gasteiger partial charge in [-0.25, -0.2) is 14.8 Å². The number of amides is 1. The lowest BCUT2D eigenvalue weighted by molar-refractivity contribution is 0.0153. The Balaban J connectivity index is 1.86. The molecule has 1 aliphatic heterocycles. The standard InChI is InChI=1S/C16H24Cl2N4O2/c1-16(2,3)24-15(23)22-7-5-12(6-8-22)21(4)10-11-9-19-14(18)20-13(11)17/h9,12H,5-8,10H2,1-4H3. The van der Waals surface area contributed by atoms with Gasteiger partial charge < -0.3 is 9.64 Å². The Hall–Kier alpha value is -1.11. The molecule has 0 bridgehead atoms. The van der Waals surface area contributed by atoms with Crippen LogP contribution in [0.2, 0.25) is 10.4 Å². The fraction of sp³-hybridized carbons (Fsp3) is 0.688. The van der Waals surface area contributed by atoms with Gasteiger partial charge in [0.05, 0.1) is 0 Å². The molecule has 1 saturated heterocycles. The van der Waals surface area contributed by atoms with Gasteiger partial charge in [0.25, 0.3) is 0 Å². The average molecular weight is 375 g/mol. The molecule has 1 aliphatic rings. The van der Waals surface area contributed by atoms with Crippen molar-refractivity contribution in [1.82, 2.24) is 19.8 Å². The van der Waals surface area contributed by atoms with E-state index in [4.69, 9.17) is 27.9 Å². The smallest absolute Gasteiger partial charge is 0.410 e. The molecule has 6 nitrogen and oxygen atoms in total. The summed E-state index contributed by atoms with van der Waals surface area (Å²) in [5, 5.41) is 0.533. The third-order valence-corrected chi connectivity index (χ3v) is 4.45. The fourth-order valence-corrected chi connectivity index (χ4v) is 3.05. The second-order valence-corrected chi connectivity index (χ2v) is 7.76. The lowest BCUT2D eigenvalue weighted by Gasteiger charge is -2.37. The number of hydrogen-bond acceptors (Lipinski definition) is 5. The second kappa shape index (κ2) is 7.85. The Bertz CT molecular complexity index is 584. The van der Waals surface area contributed by atoms with E-state index in [-0.39, 0.29) is 11.4 Å². The molecule has 0 aliphatic carbocycles. The zero-order chi connectivity index (χ0) is 17.9. The summed E-state index contributed by atoms with van der Waals surface area (Å²) in [4.78, 5) is 24.0. The quantitative estimate of drug-likeness (QED) is 0.597. The molecule has 8 heteroatoms. The molecule has 1 fully saturated rings. The maximum atomic E-state index is 12.1. The zero-order valence-corrected chi connectivity index (χ0v) is 16.1. The van der Waals surface area contributed by atoms with Gasteiger partial charge in [-0.1, -0.05) is 11.6 Å². The number of ether oxygens (including phenoxy) is 1. The highest BCUT2D eigenvalue weighted by molar-refractivity contribution is 6.32. The highest BCUT2D eigenvalue weighted by Gasteiger charge is 2.28. The maximum absolute atomic E-state index is 12.1. The minimum Gasteiger partial charge on any atom is -0.444 e. The van der Waals surface area contributed by atoms with Crippen molar-refractivity contribution >= 4 is 29.3 Å². The molecular weight excluding hydrogens is 351 g/mol. The molecule has 0 atom stereocenters. The van der Waals surface area contributed by atoms with Crippen LogP contribution in [-0.4, -0.2) is 57.6 Å². The number of carbonyl (C=O) groups is 1. The number of halogens is 2. The number of aromatic nitrogens is 2. The minimum atomic E-state index is -0.462. The number of nitrogens with zero attached hydrogens (tertiary/aromatic N) is 4. The maximum Gasteiger partial charge on any atom is 0.410 e. The lowest BCUT2D eigenvalue weighted by atomic mass is 10.0. The summed E-state index contributed by atoms with van der Waals surface area (Å²) in [6.07, 6.45) is 3.20. The van der Waals surface area contributed by atoms with E-state index in [1.165, 1.54) is 0 Å². The topological polar surface area (TPSA) is 58.6 Å². The summed E-state index contributed by atoms with van der Waals surface area (Å²) in [7, 11) is 2.04. The monoisotopic (exact) mass is 374 g/mol. The van der Waals surface area contributed by atoms with E-state index in [1.807, 2.05) is 27.8 Å². The first kappa shape index (κ1) is 19.2. The van der Waals surface area contributed by atoms with Crippen LogP contribution < -0.4 is 0 Å². The van der Waals surface area contributed by atoms with Crippen molar-refractivity contribution < 1.29 is 9.53 Å². The number of hydrogen-bond donors (Lipinski definition) is 0. The number of rotatable bonds is 3. The van der Waals surface area contributed by atoms with Crippen LogP contribution in [0.3, 0.4) is 0 Å². The number of piperidine rings is 1. The SMILES string of the molecule is CN(Cc1cnc(Cl)nc1Cl)C1CCN(C(=O)OC(C)(C)C)CC1. The van der Waals surface area contributed by atoms with E-state index < -0.39 is 5.60 Å². The lowest BCUT2D eigenvalue weighted by Crippen LogP contribution is -2.46. The van der Waals surface area contributed by atoms with Crippen LogP contribution in [0.4, 0.5) is 4.79 Å². The largest absolute Gasteiger partial charge is 0.444 e. The Morgan fingerprint density at radius 3 is 2.54 bits per heavy atom. The van der Waals surface area contributed by atoms with Gasteiger partial charge in [-0.3, -0.25) is 4.90 Å². The predicted molar refractivity (Wildman–Crippen MR) is 94.3 cm³/mol. The predicted octanol–water partition coefficient (Wildman–Crippen LogP) is 3.61. The summed E-state index contributed by atoms with van der Waals surface area (Å²) in [6, 6.07) is 0.371. The van der Waals surface area contributed by atoms with E-state index in [9.17, 15) is 4.79 Å². The number of carbonyl (C=O) groups excluding carboxylic acids is 1. The normalized spacial score (nSPS) is 16.5. The van der Waals surface area contributed by atoms with Gasteiger partial charge in [-0.2, -0.15) is 0 Å². The van der Waals surface area contributed by atoms with Gasteiger partial charge in [0, 0.05) is 37.4 Å². The Labute approximate surface area is 153 Å².